The average Bonchev–Trinajstić information content (AvgIpc) is 2.28. The van der Waals surface area contributed by atoms with Crippen molar-refractivity contribution < 1.29 is 4.79 Å². The maximum atomic E-state index is 10.2. The van der Waals surface area contributed by atoms with Gasteiger partial charge in [0, 0.05) is 30.2 Å². The lowest BCUT2D eigenvalue weighted by Crippen LogP contribution is -2.28. The van der Waals surface area contributed by atoms with E-state index >= 15 is 0 Å². The molecule has 84 valence electrons. The lowest BCUT2D eigenvalue weighted by molar-refractivity contribution is 0.555. The Morgan fingerprint density at radius 1 is 1.62 bits per heavy atom. The summed E-state index contributed by atoms with van der Waals surface area (Å²) >= 11 is 6.00. The van der Waals surface area contributed by atoms with Crippen LogP contribution in [-0.4, -0.2) is 26.2 Å². The highest BCUT2D eigenvalue weighted by molar-refractivity contribution is 6.30. The number of hydrogen-bond acceptors (Lipinski definition) is 3. The molecule has 1 aromatic rings. The molecule has 1 unspecified atom stereocenters. The number of anilines is 1. The molecule has 0 saturated carbocycles. The van der Waals surface area contributed by atoms with Crippen LogP contribution >= 0.6 is 11.6 Å². The molecule has 1 aliphatic heterocycles. The van der Waals surface area contributed by atoms with Gasteiger partial charge in [-0.2, -0.15) is 0 Å². The van der Waals surface area contributed by atoms with E-state index in [0.717, 1.165) is 18.0 Å². The van der Waals surface area contributed by atoms with Crippen LogP contribution in [0, 0.1) is 0 Å². The molecule has 0 fully saturated rings. The maximum absolute atomic E-state index is 10.2. The highest BCUT2D eigenvalue weighted by atomic mass is 35.5. The van der Waals surface area contributed by atoms with Crippen LogP contribution in [0.15, 0.2) is 23.2 Å². The zero-order valence-electron chi connectivity index (χ0n) is 9.11. The Labute approximate surface area is 99.7 Å². The summed E-state index contributed by atoms with van der Waals surface area (Å²) in [6.45, 7) is 1.48. The van der Waals surface area contributed by atoms with Gasteiger partial charge in [-0.3, -0.25) is 0 Å². The molecule has 1 atom stereocenters. The fourth-order valence-electron chi connectivity index (χ4n) is 2.16. The monoisotopic (exact) mass is 236 g/mol. The van der Waals surface area contributed by atoms with E-state index in [4.69, 9.17) is 11.6 Å². The molecule has 1 aromatic carbocycles. The van der Waals surface area contributed by atoms with Gasteiger partial charge in [0.15, 0.2) is 0 Å². The van der Waals surface area contributed by atoms with Crippen LogP contribution in [-0.2, 0) is 4.79 Å². The van der Waals surface area contributed by atoms with Crippen LogP contribution in [0.1, 0.15) is 17.9 Å². The van der Waals surface area contributed by atoms with Crippen molar-refractivity contribution in [2.45, 2.75) is 12.3 Å². The van der Waals surface area contributed by atoms with E-state index in [1.165, 1.54) is 11.3 Å². The minimum absolute atomic E-state index is 0.284. The zero-order valence-corrected chi connectivity index (χ0v) is 9.87. The second-order valence-corrected chi connectivity index (χ2v) is 4.48. The number of fused-ring (bicyclic) bond motifs is 1. The smallest absolute Gasteiger partial charge is 0.234 e. The van der Waals surface area contributed by atoms with Crippen molar-refractivity contribution in [1.29, 1.82) is 0 Å². The standard InChI is InChI=1S/C12H13ClN2O/c1-15-5-4-9(7-14-8-16)11-6-10(13)2-3-12(11)15/h2-3,6,9H,4-5,7H2,1H3. The third-order valence-corrected chi connectivity index (χ3v) is 3.26. The topological polar surface area (TPSA) is 32.7 Å². The lowest BCUT2D eigenvalue weighted by Gasteiger charge is -2.32. The van der Waals surface area contributed by atoms with Crippen LogP contribution in [0.2, 0.25) is 5.02 Å². The van der Waals surface area contributed by atoms with Gasteiger partial charge in [0.1, 0.15) is 0 Å². The van der Waals surface area contributed by atoms with Crippen LogP contribution in [0.5, 0.6) is 0 Å². The van der Waals surface area contributed by atoms with E-state index in [1.54, 1.807) is 6.08 Å². The maximum Gasteiger partial charge on any atom is 0.234 e. The largest absolute Gasteiger partial charge is 0.374 e. The van der Waals surface area contributed by atoms with Crippen LogP contribution in [0.25, 0.3) is 0 Å². The number of nitrogens with zero attached hydrogens (tertiary/aromatic N) is 2. The molecular weight excluding hydrogens is 224 g/mol. The number of aliphatic imine (C=N–C) groups is 1. The van der Waals surface area contributed by atoms with Gasteiger partial charge in [0.2, 0.25) is 6.08 Å². The Kier molecular flexibility index (Phi) is 3.28. The Bertz CT molecular complexity index is 441. The second kappa shape index (κ2) is 4.69. The van der Waals surface area contributed by atoms with Gasteiger partial charge in [-0.15, -0.1) is 0 Å². The molecule has 4 heteroatoms. The summed E-state index contributed by atoms with van der Waals surface area (Å²) in [6, 6.07) is 5.88. The summed E-state index contributed by atoms with van der Waals surface area (Å²) < 4.78 is 0. The van der Waals surface area contributed by atoms with Gasteiger partial charge in [0.25, 0.3) is 0 Å². The van der Waals surface area contributed by atoms with Gasteiger partial charge in [0.05, 0.1) is 6.54 Å². The van der Waals surface area contributed by atoms with Crippen molar-refractivity contribution in [2.75, 3.05) is 25.0 Å². The van der Waals surface area contributed by atoms with Gasteiger partial charge >= 0.3 is 0 Å². The predicted molar refractivity (Wildman–Crippen MR) is 65.1 cm³/mol. The molecule has 16 heavy (non-hydrogen) atoms. The molecule has 0 bridgehead atoms. The molecule has 3 nitrogen and oxygen atoms in total. The molecular formula is C12H13ClN2O. The van der Waals surface area contributed by atoms with Gasteiger partial charge in [-0.05, 0) is 30.2 Å². The predicted octanol–water partition coefficient (Wildman–Crippen LogP) is 2.60. The summed E-state index contributed by atoms with van der Waals surface area (Å²) in [4.78, 5) is 16.0. The Hall–Kier alpha value is -1.31. The summed E-state index contributed by atoms with van der Waals surface area (Å²) in [5.41, 5.74) is 2.36. The highest BCUT2D eigenvalue weighted by Gasteiger charge is 2.23. The van der Waals surface area contributed by atoms with Crippen LogP contribution in [0.4, 0.5) is 5.69 Å². The van der Waals surface area contributed by atoms with Gasteiger partial charge < -0.3 is 4.90 Å². The fraction of sp³-hybridized carbons (Fsp3) is 0.417. The molecule has 0 N–H and O–H groups in total. The fourth-order valence-corrected chi connectivity index (χ4v) is 2.34. The van der Waals surface area contributed by atoms with Crippen molar-refractivity contribution in [3.05, 3.63) is 28.8 Å². The summed E-state index contributed by atoms with van der Waals surface area (Å²) in [5.74, 6) is 0.284. The van der Waals surface area contributed by atoms with Gasteiger partial charge in [-0.25, -0.2) is 9.79 Å². The molecule has 0 aromatic heterocycles. The first-order valence-electron chi connectivity index (χ1n) is 5.26. The summed E-state index contributed by atoms with van der Waals surface area (Å²) in [6.07, 6.45) is 2.60. The first-order valence-corrected chi connectivity index (χ1v) is 5.64. The average molecular weight is 237 g/mol. The molecule has 0 saturated heterocycles. The van der Waals surface area contributed by atoms with Gasteiger partial charge in [-0.1, -0.05) is 11.6 Å². The van der Waals surface area contributed by atoms with Crippen molar-refractivity contribution >= 4 is 23.4 Å². The lowest BCUT2D eigenvalue weighted by atomic mass is 9.90. The third-order valence-electron chi connectivity index (χ3n) is 3.03. The molecule has 0 amide bonds. The molecule has 2 rings (SSSR count). The normalized spacial score (nSPS) is 18.9. The second-order valence-electron chi connectivity index (χ2n) is 4.04. The number of hydrogen-bond donors (Lipinski definition) is 0. The van der Waals surface area contributed by atoms with E-state index < -0.39 is 0 Å². The Morgan fingerprint density at radius 3 is 3.19 bits per heavy atom. The molecule has 0 aliphatic carbocycles. The van der Waals surface area contributed by atoms with E-state index in [0.29, 0.717) is 6.54 Å². The molecule has 0 radical (unpaired) electrons. The molecule has 1 aliphatic rings. The summed E-state index contributed by atoms with van der Waals surface area (Å²) in [7, 11) is 2.06. The third kappa shape index (κ3) is 2.11. The first-order chi connectivity index (χ1) is 7.72. The zero-order chi connectivity index (χ0) is 11.5. The first kappa shape index (κ1) is 11.2. The SMILES string of the molecule is CN1CCC(CN=C=O)c2cc(Cl)ccc21. The number of carbonyl (C=O) groups excluding carboxylic acids is 1. The molecule has 0 spiro atoms. The van der Waals surface area contributed by atoms with E-state index in [1.807, 2.05) is 18.2 Å². The van der Waals surface area contributed by atoms with Crippen molar-refractivity contribution in [2.24, 2.45) is 4.99 Å². The number of isocyanates is 1. The number of halogens is 1. The van der Waals surface area contributed by atoms with Crippen LogP contribution < -0.4 is 4.90 Å². The Morgan fingerprint density at radius 2 is 2.44 bits per heavy atom. The summed E-state index contributed by atoms with van der Waals surface area (Å²) in [5, 5.41) is 0.731. The number of rotatable bonds is 2. The van der Waals surface area contributed by atoms with Crippen molar-refractivity contribution in [1.82, 2.24) is 0 Å². The van der Waals surface area contributed by atoms with E-state index in [9.17, 15) is 4.79 Å². The highest BCUT2D eigenvalue weighted by Crippen LogP contribution is 2.36. The van der Waals surface area contributed by atoms with Crippen molar-refractivity contribution in [3.63, 3.8) is 0 Å². The minimum Gasteiger partial charge on any atom is -0.374 e. The molecule has 1 heterocycles. The quantitative estimate of drug-likeness (QED) is 0.584. The minimum atomic E-state index is 0.284. The van der Waals surface area contributed by atoms with E-state index in [-0.39, 0.29) is 5.92 Å². The van der Waals surface area contributed by atoms with Crippen molar-refractivity contribution in [3.8, 4) is 0 Å². The van der Waals surface area contributed by atoms with Crippen LogP contribution in [0.3, 0.4) is 0 Å². The number of benzene rings is 1. The van der Waals surface area contributed by atoms with E-state index in [2.05, 4.69) is 16.9 Å². The Balaban J connectivity index is 2.37.